The van der Waals surface area contributed by atoms with Crippen LogP contribution in [0.15, 0.2) is 30.3 Å². The number of benzene rings is 1. The minimum absolute atomic E-state index is 0.0165. The van der Waals surface area contributed by atoms with Crippen molar-refractivity contribution >= 4 is 11.8 Å². The Bertz CT molecular complexity index is 568. The third kappa shape index (κ3) is 5.31. The third-order valence-electron chi connectivity index (χ3n) is 5.82. The van der Waals surface area contributed by atoms with E-state index in [0.29, 0.717) is 26.1 Å². The summed E-state index contributed by atoms with van der Waals surface area (Å²) in [5.74, 6) is 0.263. The number of carbonyl (C=O) groups excluding carboxylic acids is 2. The zero-order valence-electron chi connectivity index (χ0n) is 16.2. The second kappa shape index (κ2) is 9.72. The van der Waals surface area contributed by atoms with E-state index in [4.69, 9.17) is 5.73 Å². The van der Waals surface area contributed by atoms with Crippen LogP contribution in [0.25, 0.3) is 0 Å². The molecule has 3 N–H and O–H groups in total. The normalized spacial score (nSPS) is 15.7. The molecule has 1 saturated heterocycles. The van der Waals surface area contributed by atoms with Crippen LogP contribution >= 0.6 is 0 Å². The van der Waals surface area contributed by atoms with E-state index in [1.165, 1.54) is 5.56 Å². The summed E-state index contributed by atoms with van der Waals surface area (Å²) >= 11 is 0. The fourth-order valence-electron chi connectivity index (χ4n) is 3.58. The fourth-order valence-corrected chi connectivity index (χ4v) is 3.58. The van der Waals surface area contributed by atoms with Gasteiger partial charge in [-0.25, -0.2) is 0 Å². The molecule has 0 aromatic heterocycles. The average Bonchev–Trinajstić information content (AvgIpc) is 2.71. The van der Waals surface area contributed by atoms with Crippen LogP contribution in [0.5, 0.6) is 0 Å². The lowest BCUT2D eigenvalue weighted by Gasteiger charge is -2.36. The number of piperidine rings is 1. The monoisotopic (exact) mass is 359 g/mol. The van der Waals surface area contributed by atoms with Crippen LogP contribution in [-0.4, -0.2) is 41.9 Å². The molecule has 0 radical (unpaired) electrons. The van der Waals surface area contributed by atoms with Crippen molar-refractivity contribution in [3.8, 4) is 0 Å². The maximum atomic E-state index is 12.6. The van der Waals surface area contributed by atoms with Gasteiger partial charge in [0.05, 0.1) is 5.54 Å². The molecule has 0 unspecified atom stereocenters. The highest BCUT2D eigenvalue weighted by atomic mass is 16.2. The second-order valence-electron chi connectivity index (χ2n) is 7.32. The first kappa shape index (κ1) is 20.4. The predicted octanol–water partition coefficient (Wildman–Crippen LogP) is 2.49. The van der Waals surface area contributed by atoms with Gasteiger partial charge in [-0.1, -0.05) is 44.2 Å². The first-order valence-corrected chi connectivity index (χ1v) is 9.87. The van der Waals surface area contributed by atoms with Crippen molar-refractivity contribution in [2.24, 2.45) is 11.7 Å². The summed E-state index contributed by atoms with van der Waals surface area (Å²) in [6, 6.07) is 10.1. The van der Waals surface area contributed by atoms with Crippen LogP contribution in [0.3, 0.4) is 0 Å². The van der Waals surface area contributed by atoms with Crippen LogP contribution in [0.4, 0.5) is 0 Å². The third-order valence-corrected chi connectivity index (χ3v) is 5.82. The highest BCUT2D eigenvalue weighted by molar-refractivity contribution is 5.80. The summed E-state index contributed by atoms with van der Waals surface area (Å²) in [7, 11) is 0. The first-order valence-electron chi connectivity index (χ1n) is 9.87. The van der Waals surface area contributed by atoms with Gasteiger partial charge in [-0.2, -0.15) is 0 Å². The number of amides is 2. The molecule has 2 rings (SSSR count). The number of likely N-dealkylation sites (tertiary alicyclic amines) is 1. The minimum Gasteiger partial charge on any atom is -0.349 e. The van der Waals surface area contributed by atoms with Crippen LogP contribution < -0.4 is 11.1 Å². The second-order valence-corrected chi connectivity index (χ2v) is 7.32. The molecule has 1 aliphatic heterocycles. The van der Waals surface area contributed by atoms with Crippen molar-refractivity contribution in [2.75, 3.05) is 19.6 Å². The van der Waals surface area contributed by atoms with Gasteiger partial charge in [0.25, 0.3) is 0 Å². The number of hydrogen-bond donors (Lipinski definition) is 2. The van der Waals surface area contributed by atoms with Gasteiger partial charge < -0.3 is 16.0 Å². The molecule has 0 saturated carbocycles. The Morgan fingerprint density at radius 3 is 2.31 bits per heavy atom. The maximum Gasteiger partial charge on any atom is 0.223 e. The summed E-state index contributed by atoms with van der Waals surface area (Å²) < 4.78 is 0. The molecule has 26 heavy (non-hydrogen) atoms. The van der Waals surface area contributed by atoms with Gasteiger partial charge >= 0.3 is 0 Å². The van der Waals surface area contributed by atoms with E-state index in [0.717, 1.165) is 32.1 Å². The Morgan fingerprint density at radius 2 is 1.77 bits per heavy atom. The topological polar surface area (TPSA) is 75.4 Å². The van der Waals surface area contributed by atoms with Gasteiger partial charge in [0.1, 0.15) is 0 Å². The SMILES string of the molecule is CCC(CC)(CN)NC(=O)C1CCN(C(=O)CCc2ccccc2)CC1. The molecule has 5 nitrogen and oxygen atoms in total. The lowest BCUT2D eigenvalue weighted by Crippen LogP contribution is -2.55. The van der Waals surface area contributed by atoms with Crippen molar-refractivity contribution < 1.29 is 9.59 Å². The van der Waals surface area contributed by atoms with Gasteiger partial charge in [-0.05, 0) is 37.7 Å². The van der Waals surface area contributed by atoms with E-state index in [1.807, 2.05) is 23.1 Å². The summed E-state index contributed by atoms with van der Waals surface area (Å²) in [5.41, 5.74) is 6.78. The van der Waals surface area contributed by atoms with E-state index in [1.54, 1.807) is 0 Å². The van der Waals surface area contributed by atoms with Crippen molar-refractivity contribution in [2.45, 2.75) is 57.9 Å². The molecule has 0 aliphatic carbocycles. The summed E-state index contributed by atoms with van der Waals surface area (Å²) in [6.07, 6.45) is 4.44. The number of nitrogens with zero attached hydrogens (tertiary/aromatic N) is 1. The summed E-state index contributed by atoms with van der Waals surface area (Å²) in [6.45, 7) is 5.91. The number of nitrogens with two attached hydrogens (primary N) is 1. The predicted molar refractivity (Wildman–Crippen MR) is 105 cm³/mol. The number of rotatable bonds is 8. The van der Waals surface area contributed by atoms with Crippen molar-refractivity contribution in [1.82, 2.24) is 10.2 Å². The molecule has 1 aliphatic rings. The van der Waals surface area contributed by atoms with Crippen LogP contribution in [-0.2, 0) is 16.0 Å². The molecule has 5 heteroatoms. The van der Waals surface area contributed by atoms with Crippen molar-refractivity contribution in [1.29, 1.82) is 0 Å². The lowest BCUT2D eigenvalue weighted by atomic mass is 9.89. The Balaban J connectivity index is 1.79. The van der Waals surface area contributed by atoms with Gasteiger partial charge in [-0.15, -0.1) is 0 Å². The van der Waals surface area contributed by atoms with E-state index >= 15 is 0 Å². The molecule has 1 heterocycles. The maximum absolute atomic E-state index is 12.6. The van der Waals surface area contributed by atoms with E-state index in [2.05, 4.69) is 31.3 Å². The molecule has 0 spiro atoms. The molecule has 1 fully saturated rings. The molecular formula is C21H33N3O2. The van der Waals surface area contributed by atoms with E-state index < -0.39 is 0 Å². The Morgan fingerprint density at radius 1 is 1.15 bits per heavy atom. The van der Waals surface area contributed by atoms with E-state index in [-0.39, 0.29) is 23.3 Å². The lowest BCUT2D eigenvalue weighted by molar-refractivity contribution is -0.136. The molecular weight excluding hydrogens is 326 g/mol. The number of nitrogens with one attached hydrogen (secondary N) is 1. The molecule has 0 bridgehead atoms. The summed E-state index contributed by atoms with van der Waals surface area (Å²) in [4.78, 5) is 26.9. The summed E-state index contributed by atoms with van der Waals surface area (Å²) in [5, 5.41) is 3.17. The first-order chi connectivity index (χ1) is 12.5. The molecule has 1 aromatic carbocycles. The van der Waals surface area contributed by atoms with Crippen LogP contribution in [0.1, 0.15) is 51.5 Å². The van der Waals surface area contributed by atoms with Crippen molar-refractivity contribution in [3.63, 3.8) is 0 Å². The van der Waals surface area contributed by atoms with Gasteiger partial charge in [0.15, 0.2) is 0 Å². The van der Waals surface area contributed by atoms with E-state index in [9.17, 15) is 9.59 Å². The van der Waals surface area contributed by atoms with Gasteiger partial charge in [0, 0.05) is 32.0 Å². The minimum atomic E-state index is -0.292. The average molecular weight is 360 g/mol. The molecule has 144 valence electrons. The zero-order valence-corrected chi connectivity index (χ0v) is 16.2. The Kier molecular flexibility index (Phi) is 7.64. The molecule has 2 amide bonds. The van der Waals surface area contributed by atoms with Crippen LogP contribution in [0.2, 0.25) is 0 Å². The Labute approximate surface area is 157 Å². The molecule has 0 atom stereocenters. The van der Waals surface area contributed by atoms with Gasteiger partial charge in [-0.3, -0.25) is 9.59 Å². The van der Waals surface area contributed by atoms with Crippen LogP contribution in [0, 0.1) is 5.92 Å². The number of carbonyl (C=O) groups is 2. The highest BCUT2D eigenvalue weighted by Crippen LogP contribution is 2.21. The quantitative estimate of drug-likeness (QED) is 0.749. The fraction of sp³-hybridized carbons (Fsp3) is 0.619. The highest BCUT2D eigenvalue weighted by Gasteiger charge is 2.32. The van der Waals surface area contributed by atoms with Crippen molar-refractivity contribution in [3.05, 3.63) is 35.9 Å². The standard InChI is InChI=1S/C21H33N3O2/c1-3-21(4-2,16-22)23-20(26)18-12-14-24(15-13-18)19(25)11-10-17-8-6-5-7-9-17/h5-9,18H,3-4,10-16,22H2,1-2H3,(H,23,26). The number of hydrogen-bond acceptors (Lipinski definition) is 3. The zero-order chi connectivity index (χ0) is 19.0. The molecule has 1 aromatic rings. The smallest absolute Gasteiger partial charge is 0.223 e. The van der Waals surface area contributed by atoms with Gasteiger partial charge in [0.2, 0.25) is 11.8 Å². The number of aryl methyl sites for hydroxylation is 1. The largest absolute Gasteiger partial charge is 0.349 e. The Hall–Kier alpha value is -1.88.